The minimum Gasteiger partial charge on any atom is -0.394 e. The third-order valence-corrected chi connectivity index (χ3v) is 20.2. The Labute approximate surface area is 570 Å². The third-order valence-electron chi connectivity index (χ3n) is 20.2. The maximum absolute atomic E-state index is 13.4. The second-order valence-electron chi connectivity index (χ2n) is 28.5. The molecule has 3 aliphatic rings. The molecular weight excluding hydrogens is 1200 g/mol. The molecule has 0 aromatic rings. The molecule has 94 heavy (non-hydrogen) atoms. The molecular formula is C75H145NO18. The van der Waals surface area contributed by atoms with E-state index in [0.29, 0.717) is 12.8 Å². The van der Waals surface area contributed by atoms with Crippen LogP contribution >= 0.6 is 0 Å². The molecule has 0 radical (unpaired) electrons. The van der Waals surface area contributed by atoms with Crippen LogP contribution in [0.2, 0.25) is 0 Å². The lowest BCUT2D eigenvalue weighted by Gasteiger charge is -2.48. The van der Waals surface area contributed by atoms with Crippen molar-refractivity contribution in [1.82, 2.24) is 5.32 Å². The summed E-state index contributed by atoms with van der Waals surface area (Å²) in [6, 6.07) is -0.881. The lowest BCUT2D eigenvalue weighted by Crippen LogP contribution is -2.66. The van der Waals surface area contributed by atoms with Crippen LogP contribution in [0.15, 0.2) is 0 Å². The Morgan fingerprint density at radius 2 is 0.606 bits per heavy atom. The van der Waals surface area contributed by atoms with E-state index < -0.39 is 124 Å². The normalized spacial score (nSPS) is 27.3. The van der Waals surface area contributed by atoms with Crippen molar-refractivity contribution < 1.29 is 89.4 Å². The Hall–Kier alpha value is -1.21. The molecule has 3 saturated heterocycles. The Kier molecular flexibility index (Phi) is 53.1. The van der Waals surface area contributed by atoms with Crippen LogP contribution in [0.3, 0.4) is 0 Å². The molecule has 1 amide bonds. The predicted octanol–water partition coefficient (Wildman–Crippen LogP) is 12.2. The van der Waals surface area contributed by atoms with Gasteiger partial charge in [0.1, 0.15) is 73.2 Å². The quantitative estimate of drug-likeness (QED) is 0.0252. The Balaban J connectivity index is 1.29. The summed E-state index contributed by atoms with van der Waals surface area (Å²) in [5.41, 5.74) is 0. The van der Waals surface area contributed by atoms with Gasteiger partial charge in [0.25, 0.3) is 0 Å². The van der Waals surface area contributed by atoms with Gasteiger partial charge in [-0.15, -0.1) is 0 Å². The van der Waals surface area contributed by atoms with E-state index in [4.69, 9.17) is 28.4 Å². The highest BCUT2D eigenvalue weighted by molar-refractivity contribution is 5.76. The molecule has 19 nitrogen and oxygen atoms in total. The number of carbonyl (C=O) groups excluding carboxylic acids is 1. The van der Waals surface area contributed by atoms with Crippen LogP contribution in [0, 0.1) is 0 Å². The number of rotatable bonds is 63. The highest BCUT2D eigenvalue weighted by atomic mass is 16.8. The average Bonchev–Trinajstić information content (AvgIpc) is 0.787. The molecule has 3 aliphatic heterocycles. The van der Waals surface area contributed by atoms with Crippen molar-refractivity contribution in [2.24, 2.45) is 0 Å². The van der Waals surface area contributed by atoms with E-state index in [9.17, 15) is 61.0 Å². The number of aliphatic hydroxyl groups excluding tert-OH is 11. The average molecular weight is 1350 g/mol. The van der Waals surface area contributed by atoms with Crippen LogP contribution in [0.4, 0.5) is 0 Å². The van der Waals surface area contributed by atoms with Crippen molar-refractivity contribution in [3.8, 4) is 0 Å². The van der Waals surface area contributed by atoms with E-state index >= 15 is 0 Å². The fourth-order valence-electron chi connectivity index (χ4n) is 13.8. The summed E-state index contributed by atoms with van der Waals surface area (Å²) >= 11 is 0. The van der Waals surface area contributed by atoms with Crippen molar-refractivity contribution >= 4 is 5.91 Å². The van der Waals surface area contributed by atoms with Gasteiger partial charge in [0.2, 0.25) is 5.91 Å². The van der Waals surface area contributed by atoms with E-state index in [1.165, 1.54) is 263 Å². The molecule has 0 saturated carbocycles. The van der Waals surface area contributed by atoms with Gasteiger partial charge in [0.15, 0.2) is 18.9 Å². The van der Waals surface area contributed by atoms with Gasteiger partial charge >= 0.3 is 0 Å². The first-order valence-corrected chi connectivity index (χ1v) is 39.3. The predicted molar refractivity (Wildman–Crippen MR) is 370 cm³/mol. The summed E-state index contributed by atoms with van der Waals surface area (Å²) in [5.74, 6) is -0.235. The molecule has 17 atom stereocenters. The van der Waals surface area contributed by atoms with Gasteiger partial charge in [-0.1, -0.05) is 322 Å². The van der Waals surface area contributed by atoms with Crippen LogP contribution in [0.1, 0.15) is 341 Å². The zero-order chi connectivity index (χ0) is 68.2. The maximum Gasteiger partial charge on any atom is 0.220 e. The van der Waals surface area contributed by atoms with Gasteiger partial charge in [0, 0.05) is 6.42 Å². The molecule has 0 aliphatic carbocycles. The highest BCUT2D eigenvalue weighted by Gasteiger charge is 2.54. The van der Waals surface area contributed by atoms with Crippen molar-refractivity contribution in [2.45, 2.75) is 446 Å². The topological polar surface area (TPSA) is 307 Å². The second kappa shape index (κ2) is 57.4. The Bertz CT molecular complexity index is 1700. The van der Waals surface area contributed by atoms with Crippen LogP contribution < -0.4 is 5.32 Å². The standard InChI is InChI=1S/C75H145NO18/c1-3-5-7-9-11-13-15-17-18-19-20-21-22-23-24-25-26-27-28-29-30-31-32-33-34-35-36-37-38-39-41-43-45-47-49-51-53-63(81)76-58(59(80)52-50-48-46-44-42-40-16-14-12-10-8-6-4-2)57-89-73-69(87)66(84)71(61(55-78)91-73)94-75-70(88)67(85)72(62(56-79)92-75)93-74-68(86)65(83)64(82)60(54-77)90-74/h58-62,64-75,77-80,82-88H,3-57H2,1-2H3,(H,76,81). The molecule has 3 heterocycles. The molecule has 558 valence electrons. The van der Waals surface area contributed by atoms with Gasteiger partial charge in [-0.05, 0) is 12.8 Å². The van der Waals surface area contributed by atoms with Crippen LogP contribution in [0.25, 0.3) is 0 Å². The van der Waals surface area contributed by atoms with E-state index in [1.54, 1.807) is 0 Å². The first-order valence-electron chi connectivity index (χ1n) is 39.3. The van der Waals surface area contributed by atoms with Crippen molar-refractivity contribution in [1.29, 1.82) is 0 Å². The summed E-state index contributed by atoms with van der Waals surface area (Å²) in [4.78, 5) is 13.4. The summed E-state index contributed by atoms with van der Waals surface area (Å²) < 4.78 is 34.4. The van der Waals surface area contributed by atoms with Gasteiger partial charge in [-0.25, -0.2) is 0 Å². The first-order chi connectivity index (χ1) is 45.8. The number of carbonyl (C=O) groups is 1. The molecule has 12 N–H and O–H groups in total. The highest BCUT2D eigenvalue weighted by Crippen LogP contribution is 2.33. The van der Waals surface area contributed by atoms with Gasteiger partial charge in [0.05, 0.1) is 38.6 Å². The smallest absolute Gasteiger partial charge is 0.220 e. The number of hydrogen-bond acceptors (Lipinski definition) is 18. The summed E-state index contributed by atoms with van der Waals surface area (Å²) in [7, 11) is 0. The van der Waals surface area contributed by atoms with Crippen molar-refractivity contribution in [2.75, 3.05) is 26.4 Å². The van der Waals surface area contributed by atoms with E-state index in [1.807, 2.05) is 0 Å². The minimum atomic E-state index is -1.97. The first kappa shape index (κ1) is 87.0. The zero-order valence-corrected chi connectivity index (χ0v) is 59.5. The second-order valence-corrected chi connectivity index (χ2v) is 28.5. The van der Waals surface area contributed by atoms with Gasteiger partial charge < -0.3 is 89.9 Å². The largest absolute Gasteiger partial charge is 0.394 e. The molecule has 0 spiro atoms. The van der Waals surface area contributed by atoms with E-state index in [0.717, 1.165) is 44.9 Å². The molecule has 19 heteroatoms. The molecule has 0 aromatic carbocycles. The Morgan fingerprint density at radius 1 is 0.340 bits per heavy atom. The lowest BCUT2D eigenvalue weighted by atomic mass is 9.96. The number of unbranched alkanes of at least 4 members (excludes halogenated alkanes) is 47. The van der Waals surface area contributed by atoms with Crippen molar-refractivity contribution in [3.05, 3.63) is 0 Å². The summed E-state index contributed by atoms with van der Waals surface area (Å²) in [6.45, 7) is 1.84. The van der Waals surface area contributed by atoms with Crippen LogP contribution in [-0.4, -0.2) is 193 Å². The SMILES string of the molecule is CCCCCCCCCCCCCCCCCCCCCCCCCCCCCCCCCCCCCCC(=O)NC(COC1OC(CO)C(OC2OC(CO)C(OC3OC(CO)C(O)C(O)C3O)C(O)C2O)C(O)C1O)C(O)CCCCCCCCCCCCCCC. The molecule has 17 unspecified atom stereocenters. The Morgan fingerprint density at radius 3 is 0.926 bits per heavy atom. The third kappa shape index (κ3) is 38.0. The number of nitrogens with one attached hydrogen (secondary N) is 1. The number of aliphatic hydroxyl groups is 11. The number of ether oxygens (including phenoxy) is 6. The van der Waals surface area contributed by atoms with Crippen LogP contribution in [0.5, 0.6) is 0 Å². The van der Waals surface area contributed by atoms with Gasteiger partial charge in [-0.3, -0.25) is 4.79 Å². The minimum absolute atomic E-state index is 0.235. The van der Waals surface area contributed by atoms with Crippen molar-refractivity contribution in [3.63, 3.8) is 0 Å². The van der Waals surface area contributed by atoms with E-state index in [2.05, 4.69) is 19.2 Å². The number of hydrogen-bond donors (Lipinski definition) is 12. The fourth-order valence-corrected chi connectivity index (χ4v) is 13.8. The molecule has 3 fully saturated rings. The monoisotopic (exact) mass is 1350 g/mol. The zero-order valence-electron chi connectivity index (χ0n) is 59.5. The molecule has 0 aromatic heterocycles. The maximum atomic E-state index is 13.4. The fraction of sp³-hybridized carbons (Fsp3) is 0.987. The van der Waals surface area contributed by atoms with E-state index in [-0.39, 0.29) is 18.9 Å². The molecule has 0 bridgehead atoms. The number of amides is 1. The summed E-state index contributed by atoms with van der Waals surface area (Å²) in [6.07, 6.45) is 38.0. The molecule has 3 rings (SSSR count). The van der Waals surface area contributed by atoms with Crippen LogP contribution in [-0.2, 0) is 33.2 Å². The lowest BCUT2D eigenvalue weighted by molar-refractivity contribution is -0.379. The summed E-state index contributed by atoms with van der Waals surface area (Å²) in [5, 5.41) is 121. The van der Waals surface area contributed by atoms with Gasteiger partial charge in [-0.2, -0.15) is 0 Å².